The summed E-state index contributed by atoms with van der Waals surface area (Å²) in [6.45, 7) is 7.75. The lowest BCUT2D eigenvalue weighted by Gasteiger charge is -2.50. The van der Waals surface area contributed by atoms with Crippen molar-refractivity contribution in [3.05, 3.63) is 64.7 Å². The number of benzene rings is 2. The van der Waals surface area contributed by atoms with Crippen LogP contribution < -0.4 is 9.47 Å². The van der Waals surface area contributed by atoms with Gasteiger partial charge in [-0.25, -0.2) is 9.59 Å². The van der Waals surface area contributed by atoms with Crippen molar-refractivity contribution in [3.8, 4) is 11.5 Å². The molecule has 11 nitrogen and oxygen atoms in total. The molecule has 0 spiro atoms. The number of carbonyl (C=O) groups is 3. The van der Waals surface area contributed by atoms with Crippen molar-refractivity contribution in [2.24, 2.45) is 0 Å². The third kappa shape index (κ3) is 7.03. The largest absolute Gasteiger partial charge is 0.496 e. The zero-order valence-corrected chi connectivity index (χ0v) is 26.6. The van der Waals surface area contributed by atoms with E-state index in [1.807, 2.05) is 48.2 Å². The molecule has 242 valence electrons. The van der Waals surface area contributed by atoms with Crippen LogP contribution in [0.4, 0.5) is 9.59 Å². The Bertz CT molecular complexity index is 1480. The average molecular weight is 622 g/mol. The third-order valence-electron chi connectivity index (χ3n) is 8.50. The van der Waals surface area contributed by atoms with Crippen molar-refractivity contribution in [3.63, 3.8) is 0 Å². The first kappa shape index (κ1) is 32.2. The molecule has 1 saturated carbocycles. The lowest BCUT2D eigenvalue weighted by Crippen LogP contribution is -2.65. The molecule has 3 aliphatic rings. The summed E-state index contributed by atoms with van der Waals surface area (Å²) in [5.41, 5.74) is 2.98. The molecule has 11 heteroatoms. The Kier molecular flexibility index (Phi) is 9.29. The number of hydrogen-bond donors (Lipinski definition) is 2. The van der Waals surface area contributed by atoms with E-state index in [9.17, 15) is 24.6 Å². The Morgan fingerprint density at radius 3 is 2.44 bits per heavy atom. The van der Waals surface area contributed by atoms with Gasteiger partial charge in [0.25, 0.3) is 5.91 Å². The molecule has 2 heterocycles. The monoisotopic (exact) mass is 621 g/mol. The molecular weight excluding hydrogens is 578 g/mol. The summed E-state index contributed by atoms with van der Waals surface area (Å²) in [7, 11) is 1.61. The summed E-state index contributed by atoms with van der Waals surface area (Å²) in [6.07, 6.45) is 0.246. The minimum Gasteiger partial charge on any atom is -0.496 e. The van der Waals surface area contributed by atoms with E-state index in [0.717, 1.165) is 40.9 Å². The standard InChI is InChI=1S/C34H43N3O8/c1-21-23(9-7-11-29(21)43-5)18-36(24-12-13-24)31(39)30-27(22-8-6-10-26(16-22)44-15-14-38)17-25-19-35(33(42)45-34(2,3)4)20-28(30)37(25)32(40)41/h6-11,16,24-25,28,38H,12-15,17-20H2,1-5H3,(H,40,41)/t25?,28-/m1/s1. The van der Waals surface area contributed by atoms with Gasteiger partial charge in [-0.15, -0.1) is 0 Å². The summed E-state index contributed by atoms with van der Waals surface area (Å²) < 4.78 is 16.9. The predicted octanol–water partition coefficient (Wildman–Crippen LogP) is 4.69. The number of ether oxygens (including phenoxy) is 3. The second-order valence-corrected chi connectivity index (χ2v) is 12.8. The smallest absolute Gasteiger partial charge is 0.410 e. The Balaban J connectivity index is 1.61. The molecule has 2 atom stereocenters. The number of methoxy groups -OCH3 is 1. The van der Waals surface area contributed by atoms with Crippen molar-refractivity contribution in [2.75, 3.05) is 33.4 Å². The van der Waals surface area contributed by atoms with Gasteiger partial charge in [0.05, 0.1) is 25.8 Å². The fourth-order valence-electron chi connectivity index (χ4n) is 6.30. The molecule has 1 unspecified atom stereocenters. The zero-order chi connectivity index (χ0) is 32.5. The second-order valence-electron chi connectivity index (χ2n) is 12.8. The number of piperazine rings is 1. The van der Waals surface area contributed by atoms with Crippen LogP contribution >= 0.6 is 0 Å². The zero-order valence-electron chi connectivity index (χ0n) is 26.6. The minimum atomic E-state index is -1.14. The number of amides is 3. The molecule has 3 amide bonds. The maximum atomic E-state index is 14.9. The average Bonchev–Trinajstić information content (AvgIpc) is 3.83. The molecule has 2 aromatic rings. The molecular formula is C34H43N3O8. The van der Waals surface area contributed by atoms with E-state index in [0.29, 0.717) is 17.9 Å². The fourth-order valence-corrected chi connectivity index (χ4v) is 6.30. The van der Waals surface area contributed by atoms with Crippen LogP contribution in [-0.4, -0.2) is 100 Å². The highest BCUT2D eigenvalue weighted by atomic mass is 16.6. The van der Waals surface area contributed by atoms with E-state index in [2.05, 4.69) is 0 Å². The van der Waals surface area contributed by atoms with Crippen molar-refractivity contribution >= 4 is 23.7 Å². The van der Waals surface area contributed by atoms with Gasteiger partial charge in [0, 0.05) is 31.2 Å². The molecule has 5 rings (SSSR count). The van der Waals surface area contributed by atoms with Gasteiger partial charge in [-0.1, -0.05) is 24.3 Å². The molecule has 0 aromatic heterocycles. The quantitative estimate of drug-likeness (QED) is 0.413. The Labute approximate surface area is 264 Å². The molecule has 2 aromatic carbocycles. The first-order chi connectivity index (χ1) is 21.4. The van der Waals surface area contributed by atoms with E-state index in [1.165, 1.54) is 9.80 Å². The molecule has 1 saturated heterocycles. The normalized spacial score (nSPS) is 19.7. The molecule has 2 aliphatic heterocycles. The Morgan fingerprint density at radius 2 is 1.80 bits per heavy atom. The van der Waals surface area contributed by atoms with Crippen LogP contribution in [0.1, 0.15) is 56.7 Å². The Morgan fingerprint density at radius 1 is 1.07 bits per heavy atom. The van der Waals surface area contributed by atoms with Gasteiger partial charge in [-0.2, -0.15) is 0 Å². The van der Waals surface area contributed by atoms with Crippen molar-refractivity contribution in [1.29, 1.82) is 0 Å². The van der Waals surface area contributed by atoms with Crippen LogP contribution in [0, 0.1) is 6.92 Å². The molecule has 2 N–H and O–H groups in total. The first-order valence-electron chi connectivity index (χ1n) is 15.4. The summed E-state index contributed by atoms with van der Waals surface area (Å²) in [5, 5.41) is 19.7. The second kappa shape index (κ2) is 13.0. The van der Waals surface area contributed by atoms with Crippen LogP contribution in [-0.2, 0) is 16.1 Å². The number of hydrogen-bond acceptors (Lipinski definition) is 7. The van der Waals surface area contributed by atoms with E-state index in [-0.39, 0.29) is 44.7 Å². The summed E-state index contributed by atoms with van der Waals surface area (Å²) in [4.78, 5) is 45.6. The number of nitrogens with zero attached hydrogens (tertiary/aromatic N) is 3. The van der Waals surface area contributed by atoms with Crippen LogP contribution in [0.25, 0.3) is 5.57 Å². The highest BCUT2D eigenvalue weighted by molar-refractivity contribution is 6.04. The van der Waals surface area contributed by atoms with E-state index < -0.39 is 29.9 Å². The van der Waals surface area contributed by atoms with E-state index in [4.69, 9.17) is 14.2 Å². The van der Waals surface area contributed by atoms with Crippen LogP contribution in [0.2, 0.25) is 0 Å². The highest BCUT2D eigenvalue weighted by Gasteiger charge is 2.50. The first-order valence-corrected chi connectivity index (χ1v) is 15.4. The lowest BCUT2D eigenvalue weighted by molar-refractivity contribution is -0.129. The number of aliphatic hydroxyl groups excluding tert-OH is 1. The summed E-state index contributed by atoms with van der Waals surface area (Å²) in [6, 6.07) is 11.6. The van der Waals surface area contributed by atoms with E-state index in [1.54, 1.807) is 33.9 Å². The van der Waals surface area contributed by atoms with Crippen molar-refractivity contribution in [2.45, 2.75) is 77.2 Å². The van der Waals surface area contributed by atoms with Gasteiger partial charge in [-0.3, -0.25) is 9.69 Å². The molecule has 45 heavy (non-hydrogen) atoms. The third-order valence-corrected chi connectivity index (χ3v) is 8.50. The SMILES string of the molecule is COc1cccc(CN(C(=O)C2=C(c3cccc(OCCO)c3)CC3CN(C(=O)OC(C)(C)C)C[C@H]2N3C(=O)O)C2CC2)c1C. The Hall–Kier alpha value is -4.25. The van der Waals surface area contributed by atoms with Crippen LogP contribution in [0.5, 0.6) is 11.5 Å². The van der Waals surface area contributed by atoms with Gasteiger partial charge in [0.15, 0.2) is 0 Å². The summed E-state index contributed by atoms with van der Waals surface area (Å²) in [5.74, 6) is 1.01. The number of carboxylic acid groups (broad SMARTS) is 1. The van der Waals surface area contributed by atoms with Gasteiger partial charge in [0.1, 0.15) is 23.7 Å². The van der Waals surface area contributed by atoms with Gasteiger partial charge < -0.3 is 34.2 Å². The number of rotatable bonds is 9. The fraction of sp³-hybridized carbons (Fsp3) is 0.500. The number of carbonyl (C=O) groups excluding carboxylic acids is 2. The van der Waals surface area contributed by atoms with Gasteiger partial charge in [0.2, 0.25) is 0 Å². The highest BCUT2D eigenvalue weighted by Crippen LogP contribution is 2.42. The van der Waals surface area contributed by atoms with Gasteiger partial charge >= 0.3 is 12.2 Å². The van der Waals surface area contributed by atoms with Gasteiger partial charge in [-0.05, 0) is 87.4 Å². The summed E-state index contributed by atoms with van der Waals surface area (Å²) >= 11 is 0. The maximum absolute atomic E-state index is 14.9. The van der Waals surface area contributed by atoms with Crippen molar-refractivity contribution < 1.29 is 38.8 Å². The topological polar surface area (TPSA) is 129 Å². The molecule has 2 bridgehead atoms. The molecule has 1 aliphatic carbocycles. The maximum Gasteiger partial charge on any atom is 0.410 e. The van der Waals surface area contributed by atoms with E-state index >= 15 is 0 Å². The minimum absolute atomic E-state index is 0.0117. The molecule has 2 fully saturated rings. The van der Waals surface area contributed by atoms with Crippen LogP contribution in [0.3, 0.4) is 0 Å². The lowest BCUT2D eigenvalue weighted by atomic mass is 9.81. The molecule has 0 radical (unpaired) electrons. The number of fused-ring (bicyclic) bond motifs is 2. The number of aliphatic hydroxyl groups is 1. The predicted molar refractivity (Wildman–Crippen MR) is 167 cm³/mol. The van der Waals surface area contributed by atoms with Crippen molar-refractivity contribution in [1.82, 2.24) is 14.7 Å². The van der Waals surface area contributed by atoms with Crippen LogP contribution in [0.15, 0.2) is 48.0 Å².